The van der Waals surface area contributed by atoms with Crippen molar-refractivity contribution >= 4 is 27.7 Å². The third-order valence-corrected chi connectivity index (χ3v) is 7.39. The fraction of sp³-hybridized carbons (Fsp3) is 0.455. The first-order valence-electron chi connectivity index (χ1n) is 10.4. The van der Waals surface area contributed by atoms with Crippen molar-refractivity contribution in [2.45, 2.75) is 38.0 Å². The second-order valence-corrected chi connectivity index (χ2v) is 9.82. The van der Waals surface area contributed by atoms with Gasteiger partial charge >= 0.3 is 0 Å². The number of nitrogens with zero attached hydrogens (tertiary/aromatic N) is 3. The molecule has 0 aliphatic carbocycles. The van der Waals surface area contributed by atoms with Gasteiger partial charge in [0.15, 0.2) is 10.7 Å². The molecule has 0 radical (unpaired) electrons. The molecule has 9 heteroatoms. The molecule has 1 N–H and O–H groups in total. The zero-order chi connectivity index (χ0) is 22.6. The standard InChI is InChI=1S/C22H30N4O4S/c1-5-17-9-6-7-11-19(17)23-22(27)18-10-8-13-26(15-18)31(28,29)21-16(2)24-30-20(21)12-14-25(3)4/h6-7,9,11-12,14,18H,5,8,10,13,15H2,1-4H3,(H,23,27). The Hall–Kier alpha value is -2.65. The van der Waals surface area contributed by atoms with E-state index in [-0.39, 0.29) is 23.1 Å². The molecule has 31 heavy (non-hydrogen) atoms. The molecular formula is C22H30N4O4S. The minimum absolute atomic E-state index is 0.0583. The number of anilines is 1. The summed E-state index contributed by atoms with van der Waals surface area (Å²) in [6.45, 7) is 4.13. The van der Waals surface area contributed by atoms with Crippen LogP contribution in [0.2, 0.25) is 0 Å². The highest BCUT2D eigenvalue weighted by molar-refractivity contribution is 7.89. The minimum atomic E-state index is -3.85. The number of para-hydroxylation sites is 1. The Morgan fingerprint density at radius 1 is 1.35 bits per heavy atom. The number of piperidine rings is 1. The fourth-order valence-corrected chi connectivity index (χ4v) is 5.48. The SMILES string of the molecule is CCc1ccccc1NC(=O)C1CCCN(S(=O)(=O)c2c(C)noc2C=CN(C)C)C1. The van der Waals surface area contributed by atoms with E-state index in [1.54, 1.807) is 24.1 Å². The third-order valence-electron chi connectivity index (χ3n) is 5.37. The molecule has 0 spiro atoms. The lowest BCUT2D eigenvalue weighted by atomic mass is 9.98. The van der Waals surface area contributed by atoms with Gasteiger partial charge in [0.2, 0.25) is 15.9 Å². The van der Waals surface area contributed by atoms with Crippen LogP contribution >= 0.6 is 0 Å². The largest absolute Gasteiger partial charge is 0.383 e. The van der Waals surface area contributed by atoms with Crippen molar-refractivity contribution in [3.63, 3.8) is 0 Å². The van der Waals surface area contributed by atoms with Crippen molar-refractivity contribution in [2.24, 2.45) is 5.92 Å². The molecule has 1 aliphatic rings. The van der Waals surface area contributed by atoms with Crippen LogP contribution in [0.15, 0.2) is 39.9 Å². The first kappa shape index (κ1) is 23.0. The summed E-state index contributed by atoms with van der Waals surface area (Å²) < 4.78 is 33.4. The smallest absolute Gasteiger partial charge is 0.248 e. The molecule has 1 fully saturated rings. The number of nitrogens with one attached hydrogen (secondary N) is 1. The predicted octanol–water partition coefficient (Wildman–Crippen LogP) is 3.12. The maximum atomic E-state index is 13.4. The molecule has 3 rings (SSSR count). The number of rotatable bonds is 7. The van der Waals surface area contributed by atoms with E-state index in [1.165, 1.54) is 4.31 Å². The Labute approximate surface area is 183 Å². The summed E-state index contributed by atoms with van der Waals surface area (Å²) in [4.78, 5) is 14.8. The molecule has 0 saturated carbocycles. The zero-order valence-electron chi connectivity index (χ0n) is 18.5. The van der Waals surface area contributed by atoms with Crippen molar-refractivity contribution in [2.75, 3.05) is 32.5 Å². The van der Waals surface area contributed by atoms with Crippen LogP contribution in [0.3, 0.4) is 0 Å². The average molecular weight is 447 g/mol. The van der Waals surface area contributed by atoms with Gasteiger partial charge in [-0.2, -0.15) is 4.31 Å². The van der Waals surface area contributed by atoms with Gasteiger partial charge in [0, 0.05) is 45.1 Å². The molecule has 1 aliphatic heterocycles. The van der Waals surface area contributed by atoms with E-state index in [0.717, 1.165) is 17.7 Å². The summed E-state index contributed by atoms with van der Waals surface area (Å²) in [5, 5.41) is 6.84. The van der Waals surface area contributed by atoms with Crippen molar-refractivity contribution in [1.29, 1.82) is 0 Å². The van der Waals surface area contributed by atoms with E-state index >= 15 is 0 Å². The summed E-state index contributed by atoms with van der Waals surface area (Å²) in [7, 11) is -0.189. The highest BCUT2D eigenvalue weighted by Crippen LogP contribution is 2.29. The maximum absolute atomic E-state index is 13.4. The topological polar surface area (TPSA) is 95.8 Å². The van der Waals surface area contributed by atoms with Crippen molar-refractivity contribution in [3.8, 4) is 0 Å². The zero-order valence-corrected chi connectivity index (χ0v) is 19.3. The van der Waals surface area contributed by atoms with E-state index < -0.39 is 15.9 Å². The Bertz CT molecular complexity index is 1060. The van der Waals surface area contributed by atoms with Gasteiger partial charge in [-0.3, -0.25) is 4.79 Å². The van der Waals surface area contributed by atoms with Crippen molar-refractivity contribution in [3.05, 3.63) is 47.5 Å². The van der Waals surface area contributed by atoms with Crippen molar-refractivity contribution < 1.29 is 17.7 Å². The maximum Gasteiger partial charge on any atom is 0.248 e. The van der Waals surface area contributed by atoms with E-state index in [0.29, 0.717) is 25.1 Å². The summed E-state index contributed by atoms with van der Waals surface area (Å²) >= 11 is 0. The molecule has 1 unspecified atom stereocenters. The molecular weight excluding hydrogens is 416 g/mol. The van der Waals surface area contributed by atoms with Crippen LogP contribution in [0.25, 0.3) is 6.08 Å². The lowest BCUT2D eigenvalue weighted by molar-refractivity contribution is -0.120. The summed E-state index contributed by atoms with van der Waals surface area (Å²) in [6, 6.07) is 7.67. The second kappa shape index (κ2) is 9.65. The lowest BCUT2D eigenvalue weighted by Crippen LogP contribution is -2.44. The number of carbonyl (C=O) groups is 1. The molecule has 2 heterocycles. The second-order valence-electron chi connectivity index (χ2n) is 7.94. The summed E-state index contributed by atoms with van der Waals surface area (Å²) in [6.07, 6.45) is 5.35. The quantitative estimate of drug-likeness (QED) is 0.702. The van der Waals surface area contributed by atoms with E-state index in [9.17, 15) is 13.2 Å². The van der Waals surface area contributed by atoms with E-state index in [4.69, 9.17) is 4.52 Å². The third kappa shape index (κ3) is 5.16. The number of aromatic nitrogens is 1. The number of sulfonamides is 1. The highest BCUT2D eigenvalue weighted by atomic mass is 32.2. The first-order valence-corrected chi connectivity index (χ1v) is 11.9. The van der Waals surface area contributed by atoms with Gasteiger partial charge in [0.05, 0.1) is 5.92 Å². The van der Waals surface area contributed by atoms with Crippen LogP contribution < -0.4 is 5.32 Å². The normalized spacial score (nSPS) is 17.7. The highest BCUT2D eigenvalue weighted by Gasteiger charge is 2.37. The van der Waals surface area contributed by atoms with Gasteiger partial charge in [0.1, 0.15) is 5.69 Å². The van der Waals surface area contributed by atoms with E-state index in [1.807, 2.05) is 45.3 Å². The number of carbonyl (C=O) groups excluding carboxylic acids is 1. The van der Waals surface area contributed by atoms with Crippen molar-refractivity contribution in [1.82, 2.24) is 14.4 Å². The van der Waals surface area contributed by atoms with Gasteiger partial charge in [-0.15, -0.1) is 0 Å². The van der Waals surface area contributed by atoms with Gasteiger partial charge in [0.25, 0.3) is 0 Å². The number of benzene rings is 1. The predicted molar refractivity (Wildman–Crippen MR) is 120 cm³/mol. The van der Waals surface area contributed by atoms with Crippen LogP contribution in [0.4, 0.5) is 5.69 Å². The van der Waals surface area contributed by atoms with Crippen LogP contribution in [-0.4, -0.2) is 55.9 Å². The van der Waals surface area contributed by atoms with Gasteiger partial charge in [-0.1, -0.05) is 30.3 Å². The van der Waals surface area contributed by atoms with Gasteiger partial charge in [-0.25, -0.2) is 8.42 Å². The van der Waals surface area contributed by atoms with Crippen LogP contribution in [0, 0.1) is 12.8 Å². The monoisotopic (exact) mass is 446 g/mol. The number of hydrogen-bond donors (Lipinski definition) is 1. The molecule has 1 amide bonds. The Kier molecular flexibility index (Phi) is 7.17. The Morgan fingerprint density at radius 3 is 2.81 bits per heavy atom. The average Bonchev–Trinajstić information content (AvgIpc) is 3.14. The Balaban J connectivity index is 1.80. The molecule has 1 aromatic heterocycles. The van der Waals surface area contributed by atoms with E-state index in [2.05, 4.69) is 10.5 Å². The molecule has 168 valence electrons. The number of amides is 1. The van der Waals surface area contributed by atoms with Gasteiger partial charge < -0.3 is 14.7 Å². The molecule has 8 nitrogen and oxygen atoms in total. The lowest BCUT2D eigenvalue weighted by Gasteiger charge is -2.31. The minimum Gasteiger partial charge on any atom is -0.383 e. The first-order chi connectivity index (χ1) is 14.7. The number of hydrogen-bond acceptors (Lipinski definition) is 6. The van der Waals surface area contributed by atoms with Crippen LogP contribution in [-0.2, 0) is 21.2 Å². The summed E-state index contributed by atoms with van der Waals surface area (Å²) in [5.41, 5.74) is 2.14. The van der Waals surface area contributed by atoms with Crippen LogP contribution in [0.1, 0.15) is 36.8 Å². The summed E-state index contributed by atoms with van der Waals surface area (Å²) in [5.74, 6) is -0.389. The van der Waals surface area contributed by atoms with Crippen LogP contribution in [0.5, 0.6) is 0 Å². The number of aryl methyl sites for hydroxylation is 2. The molecule has 2 aromatic rings. The fourth-order valence-electron chi connectivity index (χ4n) is 3.70. The molecule has 0 bridgehead atoms. The molecule has 1 atom stereocenters. The van der Waals surface area contributed by atoms with Gasteiger partial charge in [-0.05, 0) is 37.8 Å². The Morgan fingerprint density at radius 2 is 2.10 bits per heavy atom. The molecule has 1 saturated heterocycles. The molecule has 1 aromatic carbocycles.